The summed E-state index contributed by atoms with van der Waals surface area (Å²) in [6.07, 6.45) is 0.325. The van der Waals surface area contributed by atoms with Crippen molar-refractivity contribution in [3.05, 3.63) is 87.4 Å². The second kappa shape index (κ2) is 7.98. The van der Waals surface area contributed by atoms with Gasteiger partial charge in [-0.05, 0) is 54.1 Å². The molecule has 31 heavy (non-hydrogen) atoms. The molecule has 2 heterocycles. The van der Waals surface area contributed by atoms with Gasteiger partial charge in [-0.25, -0.2) is 5.01 Å². The average Bonchev–Trinajstić information content (AvgIpc) is 3.24. The fourth-order valence-electron chi connectivity index (χ4n) is 4.10. The van der Waals surface area contributed by atoms with E-state index in [0.29, 0.717) is 21.5 Å². The van der Waals surface area contributed by atoms with Crippen LogP contribution in [0.4, 0.5) is 0 Å². The molecule has 0 aromatic heterocycles. The van der Waals surface area contributed by atoms with Crippen molar-refractivity contribution in [2.24, 2.45) is 5.10 Å². The Labute approximate surface area is 190 Å². The Balaban J connectivity index is 1.60. The number of hydrogen-bond acceptors (Lipinski definition) is 5. The van der Waals surface area contributed by atoms with E-state index < -0.39 is 6.23 Å². The summed E-state index contributed by atoms with van der Waals surface area (Å²) in [5.41, 5.74) is 3.96. The summed E-state index contributed by atoms with van der Waals surface area (Å²) in [6.45, 7) is 0. The van der Waals surface area contributed by atoms with Crippen LogP contribution in [0.1, 0.15) is 35.4 Å². The van der Waals surface area contributed by atoms with Gasteiger partial charge in [-0.2, -0.15) is 5.10 Å². The third-order valence-electron chi connectivity index (χ3n) is 5.62. The van der Waals surface area contributed by atoms with Gasteiger partial charge in [0.15, 0.2) is 11.5 Å². The Hall–Kier alpha value is -2.89. The Bertz CT molecular complexity index is 1160. The zero-order valence-corrected chi connectivity index (χ0v) is 18.5. The number of hydrogen-bond donors (Lipinski definition) is 0. The van der Waals surface area contributed by atoms with Gasteiger partial charge in [0.2, 0.25) is 6.23 Å². The summed E-state index contributed by atoms with van der Waals surface area (Å²) in [4.78, 5) is 0. The summed E-state index contributed by atoms with van der Waals surface area (Å²) in [5.74, 6) is 2.11. The van der Waals surface area contributed by atoms with Crippen LogP contribution in [0.3, 0.4) is 0 Å². The maximum Gasteiger partial charge on any atom is 0.214 e. The van der Waals surface area contributed by atoms with Crippen molar-refractivity contribution in [1.82, 2.24) is 5.01 Å². The van der Waals surface area contributed by atoms with Crippen molar-refractivity contribution in [2.75, 3.05) is 14.2 Å². The summed E-state index contributed by atoms with van der Waals surface area (Å²) < 4.78 is 17.3. The highest BCUT2D eigenvalue weighted by Gasteiger charge is 2.41. The van der Waals surface area contributed by atoms with Crippen LogP contribution in [0.2, 0.25) is 10.0 Å². The lowest BCUT2D eigenvalue weighted by Crippen LogP contribution is -2.33. The van der Waals surface area contributed by atoms with Gasteiger partial charge in [-0.3, -0.25) is 0 Å². The van der Waals surface area contributed by atoms with Gasteiger partial charge in [0.05, 0.1) is 26.0 Å². The number of rotatable bonds is 4. The molecule has 2 unspecified atom stereocenters. The SMILES string of the molecule is COc1ccc(C2Oc3ccc(Cl)cc3C3CC(c4ccc(Cl)cc4)=NN32)cc1OC. The fourth-order valence-corrected chi connectivity index (χ4v) is 4.41. The van der Waals surface area contributed by atoms with Crippen LogP contribution in [0.15, 0.2) is 65.8 Å². The molecule has 0 radical (unpaired) electrons. The first-order valence-electron chi connectivity index (χ1n) is 9.87. The minimum atomic E-state index is -0.414. The lowest BCUT2D eigenvalue weighted by molar-refractivity contribution is -0.0191. The number of benzene rings is 3. The molecular weight excluding hydrogens is 435 g/mol. The highest BCUT2D eigenvalue weighted by Crippen LogP contribution is 2.49. The van der Waals surface area contributed by atoms with Gasteiger partial charge in [0, 0.05) is 27.6 Å². The quantitative estimate of drug-likeness (QED) is 0.466. The first-order valence-corrected chi connectivity index (χ1v) is 10.6. The standard InChI is InChI=1S/C24H20Cl2N2O3/c1-29-22-9-5-15(11-23(22)30-2)24-28-20(18-12-17(26)8-10-21(18)31-24)13-19(27-28)14-3-6-16(25)7-4-14/h3-12,20,24H,13H2,1-2H3. The molecular formula is C24H20Cl2N2O3. The first kappa shape index (κ1) is 20.0. The van der Waals surface area contributed by atoms with Crippen LogP contribution < -0.4 is 14.2 Å². The minimum Gasteiger partial charge on any atom is -0.493 e. The Kier molecular flexibility index (Phi) is 5.16. The van der Waals surface area contributed by atoms with Crippen LogP contribution in [0.5, 0.6) is 17.2 Å². The molecule has 3 aromatic carbocycles. The van der Waals surface area contributed by atoms with Crippen molar-refractivity contribution >= 4 is 28.9 Å². The van der Waals surface area contributed by atoms with E-state index >= 15 is 0 Å². The molecule has 0 N–H and O–H groups in total. The molecule has 5 nitrogen and oxygen atoms in total. The van der Waals surface area contributed by atoms with Crippen LogP contribution in [-0.2, 0) is 0 Å². The van der Waals surface area contributed by atoms with E-state index in [0.717, 1.165) is 34.6 Å². The molecule has 2 aliphatic heterocycles. The molecule has 0 saturated carbocycles. The molecule has 3 aromatic rings. The highest BCUT2D eigenvalue weighted by molar-refractivity contribution is 6.31. The molecule has 7 heteroatoms. The largest absolute Gasteiger partial charge is 0.493 e. The number of hydrazone groups is 1. The van der Waals surface area contributed by atoms with Gasteiger partial charge in [0.1, 0.15) is 5.75 Å². The van der Waals surface area contributed by atoms with E-state index in [-0.39, 0.29) is 6.04 Å². The Morgan fingerprint density at radius 3 is 2.39 bits per heavy atom. The van der Waals surface area contributed by atoms with E-state index in [1.54, 1.807) is 14.2 Å². The number of nitrogens with zero attached hydrogens (tertiary/aromatic N) is 2. The van der Waals surface area contributed by atoms with E-state index in [4.69, 9.17) is 42.5 Å². The maximum absolute atomic E-state index is 6.41. The molecule has 0 amide bonds. The van der Waals surface area contributed by atoms with E-state index in [1.807, 2.05) is 65.7 Å². The monoisotopic (exact) mass is 454 g/mol. The predicted molar refractivity (Wildman–Crippen MR) is 122 cm³/mol. The second-order valence-corrected chi connectivity index (χ2v) is 8.29. The van der Waals surface area contributed by atoms with E-state index in [9.17, 15) is 0 Å². The molecule has 2 aliphatic rings. The smallest absolute Gasteiger partial charge is 0.214 e. The Morgan fingerprint density at radius 1 is 0.903 bits per heavy atom. The molecule has 0 aliphatic carbocycles. The third-order valence-corrected chi connectivity index (χ3v) is 6.11. The number of methoxy groups -OCH3 is 2. The number of ether oxygens (including phenoxy) is 3. The third kappa shape index (κ3) is 3.58. The average molecular weight is 455 g/mol. The van der Waals surface area contributed by atoms with Crippen molar-refractivity contribution in [3.8, 4) is 17.2 Å². The van der Waals surface area contributed by atoms with Crippen molar-refractivity contribution in [1.29, 1.82) is 0 Å². The van der Waals surface area contributed by atoms with E-state index in [2.05, 4.69) is 0 Å². The minimum absolute atomic E-state index is 0.00576. The Morgan fingerprint density at radius 2 is 1.65 bits per heavy atom. The second-order valence-electron chi connectivity index (χ2n) is 7.42. The summed E-state index contributed by atoms with van der Waals surface area (Å²) in [6, 6.07) is 19.2. The summed E-state index contributed by atoms with van der Waals surface area (Å²) in [5, 5.41) is 8.34. The van der Waals surface area contributed by atoms with Gasteiger partial charge in [0.25, 0.3) is 0 Å². The zero-order chi connectivity index (χ0) is 21.5. The summed E-state index contributed by atoms with van der Waals surface area (Å²) in [7, 11) is 3.24. The first-order chi connectivity index (χ1) is 15.1. The predicted octanol–water partition coefficient (Wildman–Crippen LogP) is 6.25. The molecule has 5 rings (SSSR count). The lowest BCUT2D eigenvalue weighted by atomic mass is 9.96. The molecule has 0 bridgehead atoms. The molecule has 0 fully saturated rings. The lowest BCUT2D eigenvalue weighted by Gasteiger charge is -2.38. The fraction of sp³-hybridized carbons (Fsp3) is 0.208. The summed E-state index contributed by atoms with van der Waals surface area (Å²) >= 11 is 12.4. The van der Waals surface area contributed by atoms with Crippen molar-refractivity contribution in [3.63, 3.8) is 0 Å². The molecule has 0 saturated heterocycles. The van der Waals surface area contributed by atoms with Crippen molar-refractivity contribution < 1.29 is 14.2 Å². The maximum atomic E-state index is 6.41. The number of halogens is 2. The highest BCUT2D eigenvalue weighted by atomic mass is 35.5. The molecule has 0 spiro atoms. The van der Waals surface area contributed by atoms with Gasteiger partial charge >= 0.3 is 0 Å². The zero-order valence-electron chi connectivity index (χ0n) is 17.0. The van der Waals surface area contributed by atoms with Crippen LogP contribution >= 0.6 is 23.2 Å². The topological polar surface area (TPSA) is 43.3 Å². The van der Waals surface area contributed by atoms with Crippen molar-refractivity contribution in [2.45, 2.75) is 18.7 Å². The molecule has 2 atom stereocenters. The van der Waals surface area contributed by atoms with E-state index in [1.165, 1.54) is 0 Å². The van der Waals surface area contributed by atoms with Crippen LogP contribution in [0.25, 0.3) is 0 Å². The van der Waals surface area contributed by atoms with Gasteiger partial charge in [-0.15, -0.1) is 0 Å². The van der Waals surface area contributed by atoms with Gasteiger partial charge < -0.3 is 14.2 Å². The number of fused-ring (bicyclic) bond motifs is 3. The van der Waals surface area contributed by atoms with Gasteiger partial charge in [-0.1, -0.05) is 35.3 Å². The van der Waals surface area contributed by atoms with Crippen LogP contribution in [0, 0.1) is 0 Å². The molecule has 158 valence electrons. The normalized spacial score (nSPS) is 19.2. The van der Waals surface area contributed by atoms with Crippen LogP contribution in [-0.4, -0.2) is 24.9 Å².